The van der Waals surface area contributed by atoms with Gasteiger partial charge >= 0.3 is 0 Å². The van der Waals surface area contributed by atoms with Crippen molar-refractivity contribution in [3.63, 3.8) is 0 Å². The summed E-state index contributed by atoms with van der Waals surface area (Å²) in [6, 6.07) is 18.2. The van der Waals surface area contributed by atoms with E-state index in [9.17, 15) is 9.36 Å². The average molecular weight is 372 g/mol. The largest absolute Gasteiger partial charge is 0.324 e. The Hall–Kier alpha value is -1.94. The second kappa shape index (κ2) is 7.75. The van der Waals surface area contributed by atoms with Crippen LogP contribution in [0.25, 0.3) is 0 Å². The first-order valence-electron chi connectivity index (χ1n) is 8.94. The Morgan fingerprint density at radius 3 is 2.23 bits per heavy atom. The van der Waals surface area contributed by atoms with Crippen molar-refractivity contribution in [1.29, 1.82) is 0 Å². The molecule has 0 spiro atoms. The van der Waals surface area contributed by atoms with Crippen LogP contribution in [0.2, 0.25) is 0 Å². The van der Waals surface area contributed by atoms with Crippen molar-refractivity contribution in [3.05, 3.63) is 66.2 Å². The molecule has 0 aliphatic heterocycles. The van der Waals surface area contributed by atoms with Crippen molar-refractivity contribution >= 4 is 18.6 Å². The number of hydrogen-bond acceptors (Lipinski definition) is 4. The van der Waals surface area contributed by atoms with Gasteiger partial charge in [-0.1, -0.05) is 36.4 Å². The quantitative estimate of drug-likeness (QED) is 0.548. The molecule has 0 bridgehead atoms. The van der Waals surface area contributed by atoms with Gasteiger partial charge in [-0.25, -0.2) is 5.43 Å². The average Bonchev–Trinajstić information content (AvgIpc) is 3.53. The lowest BCUT2D eigenvalue weighted by atomic mass is 10.2. The molecule has 0 heterocycles. The number of nitrogens with one attached hydrogen (secondary N) is 2. The Labute approximate surface area is 154 Å². The molecule has 1 amide bonds. The minimum atomic E-state index is -3.26. The van der Waals surface area contributed by atoms with E-state index in [0.29, 0.717) is 17.5 Å². The Balaban J connectivity index is 1.88. The summed E-state index contributed by atoms with van der Waals surface area (Å²) in [5, 5.41) is -0.202. The van der Waals surface area contributed by atoms with Crippen LogP contribution in [-0.4, -0.2) is 17.8 Å². The number of hydrogen-bond donors (Lipinski definition) is 2. The lowest BCUT2D eigenvalue weighted by molar-refractivity contribution is 0.0915. The van der Waals surface area contributed by atoms with Crippen LogP contribution in [0, 0.1) is 5.92 Å². The summed E-state index contributed by atoms with van der Waals surface area (Å²) in [4.78, 5) is 12.5. The van der Waals surface area contributed by atoms with Crippen molar-refractivity contribution in [2.45, 2.75) is 32.0 Å². The summed E-state index contributed by atoms with van der Waals surface area (Å²) in [5.41, 5.74) is 6.39. The minimum absolute atomic E-state index is 0.177. The standard InChI is InChI=1S/C20H25N2O3P/c1-3-25-26(24,18-12-8-5-9-13-18)20(2,17-14-15-17)22-21-19(23)16-10-6-4-7-11-16/h4-13,17,22H,3,14-15H2,1-2H3,(H,21,23). The van der Waals surface area contributed by atoms with Crippen LogP contribution in [0.15, 0.2) is 60.7 Å². The molecule has 2 aromatic rings. The van der Waals surface area contributed by atoms with Crippen LogP contribution < -0.4 is 16.2 Å². The smallest absolute Gasteiger partial charge is 0.265 e. The molecule has 0 aromatic heterocycles. The van der Waals surface area contributed by atoms with Gasteiger partial charge in [0.15, 0.2) is 0 Å². The molecular weight excluding hydrogens is 347 g/mol. The van der Waals surface area contributed by atoms with E-state index in [0.717, 1.165) is 12.8 Å². The number of amides is 1. The van der Waals surface area contributed by atoms with Gasteiger partial charge in [0.05, 0.1) is 6.61 Å². The van der Waals surface area contributed by atoms with Gasteiger partial charge in [0, 0.05) is 10.9 Å². The van der Waals surface area contributed by atoms with E-state index >= 15 is 0 Å². The Morgan fingerprint density at radius 1 is 1.12 bits per heavy atom. The first kappa shape index (κ1) is 18.8. The van der Waals surface area contributed by atoms with Gasteiger partial charge in [-0.2, -0.15) is 0 Å². The molecule has 138 valence electrons. The number of carbonyl (C=O) groups excluding carboxylic acids is 1. The Kier molecular flexibility index (Phi) is 5.61. The van der Waals surface area contributed by atoms with Crippen molar-refractivity contribution < 1.29 is 13.9 Å². The highest BCUT2D eigenvalue weighted by atomic mass is 31.2. The van der Waals surface area contributed by atoms with E-state index < -0.39 is 12.6 Å². The summed E-state index contributed by atoms with van der Waals surface area (Å²) in [5.74, 6) is -0.0789. The normalized spacial score (nSPS) is 18.5. The summed E-state index contributed by atoms with van der Waals surface area (Å²) in [6.45, 7) is 4.06. The highest BCUT2D eigenvalue weighted by molar-refractivity contribution is 7.68. The molecule has 1 aliphatic carbocycles. The third kappa shape index (κ3) is 3.61. The van der Waals surface area contributed by atoms with Gasteiger partial charge in [-0.15, -0.1) is 0 Å². The lowest BCUT2D eigenvalue weighted by Crippen LogP contribution is -2.55. The van der Waals surface area contributed by atoms with Gasteiger partial charge in [0.25, 0.3) is 13.3 Å². The van der Waals surface area contributed by atoms with E-state index in [4.69, 9.17) is 4.52 Å². The fraction of sp³-hybridized carbons (Fsp3) is 0.350. The van der Waals surface area contributed by atoms with Gasteiger partial charge in [-0.3, -0.25) is 14.8 Å². The van der Waals surface area contributed by atoms with Crippen molar-refractivity contribution in [3.8, 4) is 0 Å². The molecule has 1 saturated carbocycles. The molecule has 0 radical (unpaired) electrons. The maximum Gasteiger partial charge on any atom is 0.265 e. The molecule has 1 aliphatic rings. The summed E-state index contributed by atoms with van der Waals surface area (Å²) in [7, 11) is -3.26. The number of hydrazine groups is 1. The van der Waals surface area contributed by atoms with E-state index in [1.807, 2.05) is 62.4 Å². The van der Waals surface area contributed by atoms with Crippen LogP contribution in [0.5, 0.6) is 0 Å². The first-order chi connectivity index (χ1) is 12.5. The molecular formula is C20H25N2O3P. The molecule has 2 N–H and O–H groups in total. The van der Waals surface area contributed by atoms with Crippen LogP contribution in [-0.2, 0) is 9.09 Å². The van der Waals surface area contributed by atoms with E-state index in [1.165, 1.54) is 0 Å². The minimum Gasteiger partial charge on any atom is -0.324 e. The summed E-state index contributed by atoms with van der Waals surface area (Å²) >= 11 is 0. The zero-order valence-corrected chi connectivity index (χ0v) is 16.0. The topological polar surface area (TPSA) is 67.4 Å². The second-order valence-electron chi connectivity index (χ2n) is 6.67. The molecule has 2 aromatic carbocycles. The third-order valence-corrected chi connectivity index (χ3v) is 8.16. The Morgan fingerprint density at radius 2 is 1.69 bits per heavy atom. The predicted octanol–water partition coefficient (Wildman–Crippen LogP) is 3.69. The molecule has 26 heavy (non-hydrogen) atoms. The lowest BCUT2D eigenvalue weighted by Gasteiger charge is -2.38. The molecule has 6 heteroatoms. The highest BCUT2D eigenvalue weighted by Crippen LogP contribution is 2.64. The van der Waals surface area contributed by atoms with Crippen LogP contribution in [0.1, 0.15) is 37.0 Å². The zero-order chi connectivity index (χ0) is 18.6. The van der Waals surface area contributed by atoms with Gasteiger partial charge in [-0.05, 0) is 56.9 Å². The number of rotatable bonds is 8. The first-order valence-corrected chi connectivity index (χ1v) is 10.6. The van der Waals surface area contributed by atoms with Crippen molar-refractivity contribution in [2.75, 3.05) is 6.61 Å². The fourth-order valence-corrected chi connectivity index (χ4v) is 6.01. The molecule has 2 atom stereocenters. The summed E-state index contributed by atoms with van der Waals surface area (Å²) < 4.78 is 19.9. The number of benzene rings is 2. The molecule has 5 nitrogen and oxygen atoms in total. The van der Waals surface area contributed by atoms with Crippen molar-refractivity contribution in [1.82, 2.24) is 10.9 Å². The number of carbonyl (C=O) groups is 1. The fourth-order valence-electron chi connectivity index (χ4n) is 3.19. The van der Waals surface area contributed by atoms with Crippen LogP contribution >= 0.6 is 7.37 Å². The third-order valence-electron chi connectivity index (χ3n) is 4.86. The van der Waals surface area contributed by atoms with E-state index in [1.54, 1.807) is 12.1 Å². The van der Waals surface area contributed by atoms with Crippen LogP contribution in [0.4, 0.5) is 0 Å². The molecule has 2 unspecified atom stereocenters. The second-order valence-corrected chi connectivity index (χ2v) is 9.48. The van der Waals surface area contributed by atoms with Gasteiger partial charge in [0.1, 0.15) is 5.28 Å². The molecule has 0 saturated heterocycles. The summed E-state index contributed by atoms with van der Waals surface area (Å²) in [6.07, 6.45) is 1.91. The van der Waals surface area contributed by atoms with Gasteiger partial charge < -0.3 is 4.52 Å². The van der Waals surface area contributed by atoms with Crippen molar-refractivity contribution in [2.24, 2.45) is 5.92 Å². The maximum atomic E-state index is 14.0. The maximum absolute atomic E-state index is 14.0. The SMILES string of the molecule is CCOP(=O)(c1ccccc1)C(C)(NNC(=O)c1ccccc1)C1CC1. The van der Waals surface area contributed by atoms with Crippen LogP contribution in [0.3, 0.4) is 0 Å². The highest BCUT2D eigenvalue weighted by Gasteiger charge is 2.56. The van der Waals surface area contributed by atoms with Gasteiger partial charge in [0.2, 0.25) is 0 Å². The Bertz CT molecular complexity index is 793. The molecule has 1 fully saturated rings. The van der Waals surface area contributed by atoms with E-state index in [2.05, 4.69) is 10.9 Å². The monoisotopic (exact) mass is 372 g/mol. The van der Waals surface area contributed by atoms with E-state index in [-0.39, 0.29) is 11.8 Å². The predicted molar refractivity (Wildman–Crippen MR) is 103 cm³/mol. The zero-order valence-electron chi connectivity index (χ0n) is 15.1. The molecule has 3 rings (SSSR count).